The number of rotatable bonds is 7. The van der Waals surface area contributed by atoms with Gasteiger partial charge in [-0.15, -0.1) is 0 Å². The van der Waals surface area contributed by atoms with Crippen molar-refractivity contribution in [1.29, 1.82) is 0 Å². The number of benzene rings is 2. The van der Waals surface area contributed by atoms with Crippen LogP contribution in [0.5, 0.6) is 0 Å². The first-order valence-electron chi connectivity index (χ1n) is 8.37. The summed E-state index contributed by atoms with van der Waals surface area (Å²) in [5.74, 6) is -0.371. The number of amides is 1. The van der Waals surface area contributed by atoms with Crippen molar-refractivity contribution in [3.8, 4) is 0 Å². The molecule has 1 amide bonds. The zero-order chi connectivity index (χ0) is 19.3. The summed E-state index contributed by atoms with van der Waals surface area (Å²) in [4.78, 5) is 12.6. The number of sulfonamides is 1. The van der Waals surface area contributed by atoms with Crippen LogP contribution in [0.15, 0.2) is 47.4 Å². The van der Waals surface area contributed by atoms with Crippen LogP contribution in [0, 0.1) is 13.8 Å². The van der Waals surface area contributed by atoms with E-state index in [1.807, 2.05) is 39.0 Å². The molecule has 5 nitrogen and oxygen atoms in total. The van der Waals surface area contributed by atoms with E-state index >= 15 is 0 Å². The number of carbonyl (C=O) groups excluding carboxylic acids is 1. The molecule has 2 aromatic carbocycles. The number of nitrogens with one attached hydrogen (secondary N) is 1. The van der Waals surface area contributed by atoms with Gasteiger partial charge in [0, 0.05) is 17.3 Å². The molecule has 0 aliphatic carbocycles. The lowest BCUT2D eigenvalue weighted by atomic mass is 10.1. The Balaban J connectivity index is 2.20. The largest absolute Gasteiger partial charge is 0.325 e. The van der Waals surface area contributed by atoms with Gasteiger partial charge in [0.05, 0.1) is 11.4 Å². The van der Waals surface area contributed by atoms with E-state index in [4.69, 9.17) is 11.6 Å². The minimum Gasteiger partial charge on any atom is -0.325 e. The first kappa shape index (κ1) is 20.4. The van der Waals surface area contributed by atoms with Crippen LogP contribution in [-0.4, -0.2) is 31.7 Å². The van der Waals surface area contributed by atoms with Gasteiger partial charge in [0.15, 0.2) is 0 Å². The molecule has 0 fully saturated rings. The highest BCUT2D eigenvalue weighted by molar-refractivity contribution is 7.89. The summed E-state index contributed by atoms with van der Waals surface area (Å²) in [5.41, 5.74) is 2.63. The number of hydrogen-bond donors (Lipinski definition) is 1. The molecule has 2 aromatic rings. The van der Waals surface area contributed by atoms with Crippen LogP contribution in [0.4, 0.5) is 5.69 Å². The third kappa shape index (κ3) is 5.06. The Bertz CT molecular complexity index is 880. The second kappa shape index (κ2) is 8.66. The fourth-order valence-corrected chi connectivity index (χ4v) is 4.12. The third-order valence-electron chi connectivity index (χ3n) is 3.91. The molecule has 140 valence electrons. The van der Waals surface area contributed by atoms with Gasteiger partial charge in [0.1, 0.15) is 0 Å². The van der Waals surface area contributed by atoms with Crippen molar-refractivity contribution in [3.05, 3.63) is 58.6 Å². The molecular weight excluding hydrogens is 372 g/mol. The normalized spacial score (nSPS) is 11.6. The predicted molar refractivity (Wildman–Crippen MR) is 105 cm³/mol. The van der Waals surface area contributed by atoms with Crippen molar-refractivity contribution in [2.45, 2.75) is 32.1 Å². The lowest BCUT2D eigenvalue weighted by Gasteiger charge is -2.21. The van der Waals surface area contributed by atoms with Gasteiger partial charge in [0.25, 0.3) is 0 Å². The van der Waals surface area contributed by atoms with E-state index in [9.17, 15) is 13.2 Å². The first-order valence-corrected chi connectivity index (χ1v) is 10.2. The van der Waals surface area contributed by atoms with Crippen LogP contribution in [0.25, 0.3) is 0 Å². The molecule has 0 heterocycles. The summed E-state index contributed by atoms with van der Waals surface area (Å²) in [7, 11) is -3.77. The number of carbonyl (C=O) groups is 1. The lowest BCUT2D eigenvalue weighted by molar-refractivity contribution is -0.116. The van der Waals surface area contributed by atoms with Gasteiger partial charge in [-0.1, -0.05) is 30.7 Å². The van der Waals surface area contributed by atoms with E-state index in [1.165, 1.54) is 28.6 Å². The van der Waals surface area contributed by atoms with Crippen LogP contribution in [0.1, 0.15) is 24.5 Å². The third-order valence-corrected chi connectivity index (χ3v) is 6.02. The summed E-state index contributed by atoms with van der Waals surface area (Å²) >= 11 is 5.83. The summed E-state index contributed by atoms with van der Waals surface area (Å²) < 4.78 is 26.9. The standard InChI is InChI=1S/C19H23ClN2O3S/c1-4-11-22(26(24,25)17-9-7-16(20)8-10-17)13-19(23)21-18-12-14(2)5-6-15(18)3/h5-10,12H,4,11,13H2,1-3H3,(H,21,23). The summed E-state index contributed by atoms with van der Waals surface area (Å²) in [6.07, 6.45) is 0.601. The van der Waals surface area contributed by atoms with Crippen molar-refractivity contribution in [2.75, 3.05) is 18.4 Å². The highest BCUT2D eigenvalue weighted by Gasteiger charge is 2.26. The molecule has 26 heavy (non-hydrogen) atoms. The summed E-state index contributed by atoms with van der Waals surface area (Å²) in [6, 6.07) is 11.7. The van der Waals surface area contributed by atoms with Gasteiger partial charge in [-0.25, -0.2) is 8.42 Å². The Labute approximate surface area is 160 Å². The Morgan fingerprint density at radius 2 is 1.77 bits per heavy atom. The summed E-state index contributed by atoms with van der Waals surface area (Å²) in [6.45, 7) is 5.71. The molecule has 0 unspecified atom stereocenters. The van der Waals surface area contributed by atoms with E-state index < -0.39 is 10.0 Å². The Hall–Kier alpha value is -1.89. The average molecular weight is 395 g/mol. The Morgan fingerprint density at radius 3 is 2.38 bits per heavy atom. The number of aryl methyl sites for hydroxylation is 2. The fourth-order valence-electron chi connectivity index (χ4n) is 2.51. The molecule has 0 saturated carbocycles. The Kier molecular flexibility index (Phi) is 6.81. The molecule has 2 rings (SSSR count). The number of hydrogen-bond acceptors (Lipinski definition) is 3. The van der Waals surface area contributed by atoms with Gasteiger partial charge >= 0.3 is 0 Å². The molecule has 7 heteroatoms. The maximum Gasteiger partial charge on any atom is 0.243 e. The molecule has 1 N–H and O–H groups in total. The van der Waals surface area contributed by atoms with E-state index in [0.29, 0.717) is 17.1 Å². The van der Waals surface area contributed by atoms with Gasteiger partial charge in [-0.2, -0.15) is 4.31 Å². The number of anilines is 1. The molecule has 0 aliphatic rings. The molecule has 0 bridgehead atoms. The van der Waals surface area contributed by atoms with Crippen molar-refractivity contribution >= 4 is 33.2 Å². The SMILES string of the molecule is CCCN(CC(=O)Nc1cc(C)ccc1C)S(=O)(=O)c1ccc(Cl)cc1. The monoisotopic (exact) mass is 394 g/mol. The summed E-state index contributed by atoms with van der Waals surface area (Å²) in [5, 5.41) is 3.26. The van der Waals surface area contributed by atoms with Gasteiger partial charge in [-0.05, 0) is 61.7 Å². The molecule has 0 saturated heterocycles. The predicted octanol–water partition coefficient (Wildman–Crippen LogP) is 4.00. The lowest BCUT2D eigenvalue weighted by Crippen LogP contribution is -2.38. The van der Waals surface area contributed by atoms with Gasteiger partial charge in [-0.3, -0.25) is 4.79 Å². The number of halogens is 1. The minimum atomic E-state index is -3.77. The highest BCUT2D eigenvalue weighted by atomic mass is 35.5. The second-order valence-electron chi connectivity index (χ2n) is 6.16. The first-order chi connectivity index (χ1) is 12.2. The van der Waals surface area contributed by atoms with E-state index in [-0.39, 0.29) is 23.9 Å². The molecular formula is C19H23ClN2O3S. The maximum atomic E-state index is 12.8. The topological polar surface area (TPSA) is 66.5 Å². The molecule has 0 spiro atoms. The van der Waals surface area contributed by atoms with Crippen LogP contribution in [-0.2, 0) is 14.8 Å². The van der Waals surface area contributed by atoms with Crippen LogP contribution in [0.3, 0.4) is 0 Å². The Morgan fingerprint density at radius 1 is 1.12 bits per heavy atom. The zero-order valence-electron chi connectivity index (χ0n) is 15.1. The molecule has 0 radical (unpaired) electrons. The van der Waals surface area contributed by atoms with Gasteiger partial charge < -0.3 is 5.32 Å². The van der Waals surface area contributed by atoms with E-state index in [2.05, 4.69) is 5.32 Å². The van der Waals surface area contributed by atoms with Crippen LogP contribution >= 0.6 is 11.6 Å². The van der Waals surface area contributed by atoms with Crippen molar-refractivity contribution in [3.63, 3.8) is 0 Å². The molecule has 0 aliphatic heterocycles. The van der Waals surface area contributed by atoms with E-state index in [1.54, 1.807) is 0 Å². The van der Waals surface area contributed by atoms with Crippen LogP contribution in [0.2, 0.25) is 5.02 Å². The molecule has 0 atom stereocenters. The van der Waals surface area contributed by atoms with E-state index in [0.717, 1.165) is 11.1 Å². The fraction of sp³-hybridized carbons (Fsp3) is 0.316. The van der Waals surface area contributed by atoms with Crippen molar-refractivity contribution in [2.24, 2.45) is 0 Å². The molecule has 0 aromatic heterocycles. The zero-order valence-corrected chi connectivity index (χ0v) is 16.7. The maximum absolute atomic E-state index is 12.8. The minimum absolute atomic E-state index is 0.120. The highest BCUT2D eigenvalue weighted by Crippen LogP contribution is 2.20. The van der Waals surface area contributed by atoms with Gasteiger partial charge in [0.2, 0.25) is 15.9 Å². The quantitative estimate of drug-likeness (QED) is 0.771. The number of nitrogens with zero attached hydrogens (tertiary/aromatic N) is 1. The van der Waals surface area contributed by atoms with Crippen molar-refractivity contribution in [1.82, 2.24) is 4.31 Å². The smallest absolute Gasteiger partial charge is 0.243 e. The average Bonchev–Trinajstić information content (AvgIpc) is 2.58. The second-order valence-corrected chi connectivity index (χ2v) is 8.53. The van der Waals surface area contributed by atoms with Crippen molar-refractivity contribution < 1.29 is 13.2 Å². The van der Waals surface area contributed by atoms with Crippen LogP contribution < -0.4 is 5.32 Å².